The van der Waals surface area contributed by atoms with E-state index in [2.05, 4.69) is 4.74 Å². The summed E-state index contributed by atoms with van der Waals surface area (Å²) in [6.07, 6.45) is 1.27. The molecular formula is C20H19NO5. The number of ether oxygens (including phenoxy) is 2. The molecule has 2 aromatic carbocycles. The number of amides is 1. The van der Waals surface area contributed by atoms with Gasteiger partial charge in [0, 0.05) is 13.0 Å². The fourth-order valence-corrected chi connectivity index (χ4v) is 2.92. The third-order valence-corrected chi connectivity index (χ3v) is 4.21. The van der Waals surface area contributed by atoms with Crippen molar-refractivity contribution in [3.8, 4) is 0 Å². The third-order valence-electron chi connectivity index (χ3n) is 4.21. The Bertz CT molecular complexity index is 846. The SMILES string of the molecule is COC(=O)c1cccc(COC(=O)c2ccccc2N2CCCC2=O)c1. The van der Waals surface area contributed by atoms with Crippen molar-refractivity contribution < 1.29 is 23.9 Å². The molecule has 1 aliphatic rings. The molecule has 0 spiro atoms. The van der Waals surface area contributed by atoms with Crippen LogP contribution in [0.1, 0.15) is 39.1 Å². The van der Waals surface area contributed by atoms with E-state index in [-0.39, 0.29) is 12.5 Å². The van der Waals surface area contributed by atoms with Gasteiger partial charge in [-0.3, -0.25) is 4.79 Å². The van der Waals surface area contributed by atoms with Gasteiger partial charge >= 0.3 is 11.9 Å². The smallest absolute Gasteiger partial charge is 0.340 e. The van der Waals surface area contributed by atoms with Crippen LogP contribution >= 0.6 is 0 Å². The number of anilines is 1. The molecule has 0 aromatic heterocycles. The first-order valence-electron chi connectivity index (χ1n) is 8.34. The number of hydrogen-bond acceptors (Lipinski definition) is 5. The molecule has 0 bridgehead atoms. The Morgan fingerprint density at radius 1 is 1.08 bits per heavy atom. The van der Waals surface area contributed by atoms with Crippen LogP contribution < -0.4 is 4.90 Å². The number of carbonyl (C=O) groups excluding carboxylic acids is 3. The Kier molecular flexibility index (Phi) is 5.31. The zero-order valence-corrected chi connectivity index (χ0v) is 14.4. The summed E-state index contributed by atoms with van der Waals surface area (Å²) in [5.41, 5.74) is 2.00. The standard InChI is InChI=1S/C20H19NO5/c1-25-19(23)15-7-4-6-14(12-15)13-26-20(24)16-8-2-3-9-17(16)21-11-5-10-18(21)22/h2-4,6-9,12H,5,10-11,13H2,1H3. The number of carbonyl (C=O) groups is 3. The van der Waals surface area contributed by atoms with E-state index in [9.17, 15) is 14.4 Å². The summed E-state index contributed by atoms with van der Waals surface area (Å²) in [5.74, 6) is -0.948. The number of methoxy groups -OCH3 is 1. The molecule has 1 amide bonds. The first-order chi connectivity index (χ1) is 12.6. The first-order valence-corrected chi connectivity index (χ1v) is 8.34. The second-order valence-electron chi connectivity index (χ2n) is 5.93. The van der Waals surface area contributed by atoms with E-state index in [1.165, 1.54) is 7.11 Å². The van der Waals surface area contributed by atoms with Crippen molar-refractivity contribution in [1.82, 2.24) is 0 Å². The molecule has 1 heterocycles. The molecule has 1 saturated heterocycles. The van der Waals surface area contributed by atoms with Gasteiger partial charge in [0.25, 0.3) is 0 Å². The maximum atomic E-state index is 12.5. The van der Waals surface area contributed by atoms with Crippen LogP contribution in [0.5, 0.6) is 0 Å². The molecular weight excluding hydrogens is 334 g/mol. The Hall–Kier alpha value is -3.15. The molecule has 0 aliphatic carbocycles. The maximum Gasteiger partial charge on any atom is 0.340 e. The van der Waals surface area contributed by atoms with E-state index in [0.29, 0.717) is 35.3 Å². The van der Waals surface area contributed by atoms with Crippen LogP contribution in [-0.4, -0.2) is 31.5 Å². The van der Waals surface area contributed by atoms with Gasteiger partial charge in [-0.2, -0.15) is 0 Å². The molecule has 1 aliphatic heterocycles. The molecule has 2 aromatic rings. The zero-order valence-electron chi connectivity index (χ0n) is 14.4. The van der Waals surface area contributed by atoms with Gasteiger partial charge in [0.05, 0.1) is 23.9 Å². The number of benzene rings is 2. The summed E-state index contributed by atoms with van der Waals surface area (Å²) in [5, 5.41) is 0. The summed E-state index contributed by atoms with van der Waals surface area (Å²) in [6.45, 7) is 0.621. The van der Waals surface area contributed by atoms with Gasteiger partial charge in [0.15, 0.2) is 0 Å². The average Bonchev–Trinajstić information content (AvgIpc) is 3.11. The lowest BCUT2D eigenvalue weighted by Crippen LogP contribution is -2.26. The topological polar surface area (TPSA) is 72.9 Å². The highest BCUT2D eigenvalue weighted by Crippen LogP contribution is 2.26. The summed E-state index contributed by atoms with van der Waals surface area (Å²) in [7, 11) is 1.31. The van der Waals surface area contributed by atoms with Crippen LogP contribution in [0.4, 0.5) is 5.69 Å². The highest BCUT2D eigenvalue weighted by molar-refractivity contribution is 6.03. The minimum Gasteiger partial charge on any atom is -0.465 e. The Balaban J connectivity index is 1.73. The molecule has 6 nitrogen and oxygen atoms in total. The third kappa shape index (κ3) is 3.74. The van der Waals surface area contributed by atoms with E-state index in [1.807, 2.05) is 0 Å². The molecule has 0 saturated carbocycles. The number of rotatable bonds is 5. The zero-order chi connectivity index (χ0) is 18.5. The fourth-order valence-electron chi connectivity index (χ4n) is 2.92. The van der Waals surface area contributed by atoms with E-state index in [1.54, 1.807) is 53.4 Å². The van der Waals surface area contributed by atoms with Crippen LogP contribution in [0.2, 0.25) is 0 Å². The quantitative estimate of drug-likeness (QED) is 0.773. The van der Waals surface area contributed by atoms with Gasteiger partial charge in [0.2, 0.25) is 5.91 Å². The lowest BCUT2D eigenvalue weighted by Gasteiger charge is -2.19. The molecule has 0 unspecified atom stereocenters. The number of hydrogen-bond donors (Lipinski definition) is 0. The van der Waals surface area contributed by atoms with E-state index < -0.39 is 11.9 Å². The fraction of sp³-hybridized carbons (Fsp3) is 0.250. The summed E-state index contributed by atoms with van der Waals surface area (Å²) < 4.78 is 10.1. The minimum absolute atomic E-state index is 0.0102. The van der Waals surface area contributed by atoms with Crippen molar-refractivity contribution in [3.63, 3.8) is 0 Å². The van der Waals surface area contributed by atoms with Crippen LogP contribution in [0.15, 0.2) is 48.5 Å². The molecule has 0 N–H and O–H groups in total. The van der Waals surface area contributed by atoms with E-state index in [0.717, 1.165) is 6.42 Å². The average molecular weight is 353 g/mol. The molecule has 134 valence electrons. The predicted octanol–water partition coefficient (Wildman–Crippen LogP) is 2.96. The Morgan fingerprint density at radius 3 is 2.62 bits per heavy atom. The summed E-state index contributed by atoms with van der Waals surface area (Å²) in [6, 6.07) is 13.6. The molecule has 3 rings (SSSR count). The number of esters is 2. The number of para-hydroxylation sites is 1. The minimum atomic E-state index is -0.510. The second kappa shape index (κ2) is 7.82. The second-order valence-corrected chi connectivity index (χ2v) is 5.93. The van der Waals surface area contributed by atoms with E-state index >= 15 is 0 Å². The van der Waals surface area contributed by atoms with Crippen molar-refractivity contribution in [3.05, 3.63) is 65.2 Å². The first kappa shape index (κ1) is 17.7. The molecule has 26 heavy (non-hydrogen) atoms. The van der Waals surface area contributed by atoms with Gasteiger partial charge in [-0.25, -0.2) is 9.59 Å². The lowest BCUT2D eigenvalue weighted by atomic mass is 10.1. The van der Waals surface area contributed by atoms with Crippen LogP contribution in [0.3, 0.4) is 0 Å². The van der Waals surface area contributed by atoms with Gasteiger partial charge in [-0.1, -0.05) is 24.3 Å². The molecule has 6 heteroatoms. The molecule has 0 radical (unpaired) electrons. The molecule has 0 atom stereocenters. The van der Waals surface area contributed by atoms with Crippen molar-refractivity contribution in [2.75, 3.05) is 18.6 Å². The van der Waals surface area contributed by atoms with Crippen LogP contribution in [0, 0.1) is 0 Å². The Morgan fingerprint density at radius 2 is 1.88 bits per heavy atom. The van der Waals surface area contributed by atoms with Crippen molar-refractivity contribution in [1.29, 1.82) is 0 Å². The van der Waals surface area contributed by atoms with Gasteiger partial charge in [-0.15, -0.1) is 0 Å². The summed E-state index contributed by atoms with van der Waals surface area (Å²) in [4.78, 5) is 37.7. The van der Waals surface area contributed by atoms with Gasteiger partial charge < -0.3 is 14.4 Å². The van der Waals surface area contributed by atoms with Crippen molar-refractivity contribution in [2.45, 2.75) is 19.4 Å². The molecule has 1 fully saturated rings. The Labute approximate surface area is 151 Å². The van der Waals surface area contributed by atoms with Crippen molar-refractivity contribution >= 4 is 23.5 Å². The normalized spacial score (nSPS) is 13.6. The number of nitrogens with zero attached hydrogens (tertiary/aromatic N) is 1. The maximum absolute atomic E-state index is 12.5. The largest absolute Gasteiger partial charge is 0.465 e. The van der Waals surface area contributed by atoms with Gasteiger partial charge in [0.1, 0.15) is 6.61 Å². The van der Waals surface area contributed by atoms with Crippen LogP contribution in [0.25, 0.3) is 0 Å². The summed E-state index contributed by atoms with van der Waals surface area (Å²) >= 11 is 0. The van der Waals surface area contributed by atoms with Gasteiger partial charge in [-0.05, 0) is 36.2 Å². The van der Waals surface area contributed by atoms with Crippen LogP contribution in [-0.2, 0) is 20.9 Å². The van der Waals surface area contributed by atoms with Crippen molar-refractivity contribution in [2.24, 2.45) is 0 Å². The lowest BCUT2D eigenvalue weighted by molar-refractivity contribution is -0.117. The predicted molar refractivity (Wildman–Crippen MR) is 94.9 cm³/mol. The highest BCUT2D eigenvalue weighted by Gasteiger charge is 2.26. The van der Waals surface area contributed by atoms with E-state index in [4.69, 9.17) is 4.74 Å². The monoisotopic (exact) mass is 353 g/mol. The highest BCUT2D eigenvalue weighted by atomic mass is 16.5.